The van der Waals surface area contributed by atoms with Gasteiger partial charge in [0.05, 0.1) is 19.8 Å². The number of azide groups is 1. The Balaban J connectivity index is 4.16. The third-order valence-electron chi connectivity index (χ3n) is 2.79. The minimum absolute atomic E-state index is 0.141. The van der Waals surface area contributed by atoms with Gasteiger partial charge >= 0.3 is 0 Å². The van der Waals surface area contributed by atoms with E-state index in [-0.39, 0.29) is 28.9 Å². The zero-order valence-corrected chi connectivity index (χ0v) is 13.3. The molecule has 0 unspecified atom stereocenters. The molecule has 0 bridgehead atoms. The van der Waals surface area contributed by atoms with Crippen LogP contribution in [0.3, 0.4) is 0 Å². The molecule has 7 nitrogen and oxygen atoms in total. The lowest BCUT2D eigenvalue weighted by Crippen LogP contribution is -2.38. The summed E-state index contributed by atoms with van der Waals surface area (Å²) >= 11 is 0. The summed E-state index contributed by atoms with van der Waals surface area (Å²) in [5.74, 6) is -0.353. The van der Waals surface area contributed by atoms with Crippen molar-refractivity contribution < 1.29 is 14.6 Å². The predicted octanol–water partition coefficient (Wildman–Crippen LogP) is 2.03. The fourth-order valence-corrected chi connectivity index (χ4v) is 1.44. The zero-order valence-electron chi connectivity index (χ0n) is 13.3. The van der Waals surface area contributed by atoms with Crippen LogP contribution in [0.15, 0.2) is 17.3 Å². The SMILES string of the molecule is C=C(CO)C(=O)NCC(C)(C)COCC(C)(C)CN=[N+]=[N-]. The maximum Gasteiger partial charge on any atom is 0.248 e. The molecule has 120 valence electrons. The van der Waals surface area contributed by atoms with Gasteiger partial charge < -0.3 is 15.2 Å². The summed E-state index contributed by atoms with van der Waals surface area (Å²) in [6.45, 7) is 12.7. The van der Waals surface area contributed by atoms with E-state index in [4.69, 9.17) is 15.4 Å². The van der Waals surface area contributed by atoms with Crippen molar-refractivity contribution in [2.24, 2.45) is 15.9 Å². The Morgan fingerprint density at radius 3 is 2.43 bits per heavy atom. The first-order chi connectivity index (χ1) is 9.63. The Morgan fingerprint density at radius 1 is 1.33 bits per heavy atom. The first-order valence-corrected chi connectivity index (χ1v) is 6.79. The summed E-state index contributed by atoms with van der Waals surface area (Å²) in [4.78, 5) is 14.3. The van der Waals surface area contributed by atoms with E-state index in [0.29, 0.717) is 26.3 Å². The van der Waals surface area contributed by atoms with Crippen LogP contribution in [0.5, 0.6) is 0 Å². The van der Waals surface area contributed by atoms with E-state index < -0.39 is 0 Å². The van der Waals surface area contributed by atoms with Crippen molar-refractivity contribution in [2.75, 3.05) is 32.9 Å². The molecule has 0 radical (unpaired) electrons. The molecule has 0 aromatic heterocycles. The standard InChI is InChI=1S/C14H26N4O3/c1-11(6-19)12(20)16-7-13(2,3)9-21-10-14(4,5)8-17-18-15/h19H,1,6-10H2,2-5H3,(H,16,20). The summed E-state index contributed by atoms with van der Waals surface area (Å²) in [5.41, 5.74) is 7.99. The van der Waals surface area contributed by atoms with Crippen molar-refractivity contribution >= 4 is 5.91 Å². The minimum Gasteiger partial charge on any atom is -0.391 e. The van der Waals surface area contributed by atoms with Gasteiger partial charge in [-0.1, -0.05) is 39.4 Å². The van der Waals surface area contributed by atoms with Crippen LogP contribution in [-0.2, 0) is 9.53 Å². The number of amides is 1. The number of hydrogen-bond donors (Lipinski definition) is 2. The monoisotopic (exact) mass is 298 g/mol. The largest absolute Gasteiger partial charge is 0.391 e. The predicted molar refractivity (Wildman–Crippen MR) is 81.6 cm³/mol. The zero-order chi connectivity index (χ0) is 16.5. The van der Waals surface area contributed by atoms with Gasteiger partial charge in [-0.15, -0.1) is 0 Å². The van der Waals surface area contributed by atoms with E-state index in [1.165, 1.54) is 0 Å². The molecule has 1 amide bonds. The van der Waals surface area contributed by atoms with Gasteiger partial charge in [0.2, 0.25) is 5.91 Å². The lowest BCUT2D eigenvalue weighted by molar-refractivity contribution is -0.118. The molecule has 0 atom stereocenters. The molecule has 0 aromatic rings. The lowest BCUT2D eigenvalue weighted by atomic mass is 9.93. The van der Waals surface area contributed by atoms with E-state index in [1.807, 2.05) is 27.7 Å². The third kappa shape index (κ3) is 9.07. The number of nitrogens with zero attached hydrogens (tertiary/aromatic N) is 3. The normalized spacial score (nSPS) is 11.7. The van der Waals surface area contributed by atoms with E-state index in [9.17, 15) is 4.79 Å². The van der Waals surface area contributed by atoms with Gasteiger partial charge in [0.15, 0.2) is 0 Å². The summed E-state index contributed by atoms with van der Waals surface area (Å²) in [5, 5.41) is 15.1. The first kappa shape index (κ1) is 19.4. The molecule has 21 heavy (non-hydrogen) atoms. The van der Waals surface area contributed by atoms with E-state index in [0.717, 1.165) is 0 Å². The van der Waals surface area contributed by atoms with Crippen molar-refractivity contribution in [3.05, 3.63) is 22.6 Å². The summed E-state index contributed by atoms with van der Waals surface area (Å²) in [6.07, 6.45) is 0. The average Bonchev–Trinajstić information content (AvgIpc) is 2.41. The number of rotatable bonds is 10. The molecule has 0 fully saturated rings. The molecule has 0 heterocycles. The van der Waals surface area contributed by atoms with Crippen LogP contribution >= 0.6 is 0 Å². The van der Waals surface area contributed by atoms with Crippen LogP contribution in [0.1, 0.15) is 27.7 Å². The molecule has 2 N–H and O–H groups in total. The van der Waals surface area contributed by atoms with Gasteiger partial charge in [0, 0.05) is 29.0 Å². The Labute approximate surface area is 126 Å². The quantitative estimate of drug-likeness (QED) is 0.279. The number of aliphatic hydroxyl groups excluding tert-OH is 1. The van der Waals surface area contributed by atoms with Crippen molar-refractivity contribution in [1.29, 1.82) is 0 Å². The molecule has 0 saturated heterocycles. The topological polar surface area (TPSA) is 107 Å². The molecule has 0 aliphatic carbocycles. The molecule has 7 heteroatoms. The highest BCUT2D eigenvalue weighted by molar-refractivity contribution is 5.92. The third-order valence-corrected chi connectivity index (χ3v) is 2.79. The highest BCUT2D eigenvalue weighted by Gasteiger charge is 2.23. The Bertz CT molecular complexity index is 412. The Kier molecular flexibility index (Phi) is 8.02. The number of hydrogen-bond acceptors (Lipinski definition) is 4. The molecular weight excluding hydrogens is 272 g/mol. The van der Waals surface area contributed by atoms with Gasteiger partial charge in [0.25, 0.3) is 0 Å². The Hall–Kier alpha value is -1.56. The van der Waals surface area contributed by atoms with Crippen LogP contribution in [0.2, 0.25) is 0 Å². The van der Waals surface area contributed by atoms with Gasteiger partial charge in [-0.2, -0.15) is 0 Å². The van der Waals surface area contributed by atoms with Crippen molar-refractivity contribution in [1.82, 2.24) is 5.32 Å². The molecule has 0 aliphatic rings. The molecular formula is C14H26N4O3. The second-order valence-corrected chi connectivity index (χ2v) is 6.65. The number of ether oxygens (including phenoxy) is 1. The molecule has 0 saturated carbocycles. The van der Waals surface area contributed by atoms with Crippen LogP contribution < -0.4 is 5.32 Å². The molecule has 0 rings (SSSR count). The summed E-state index contributed by atoms with van der Waals surface area (Å²) in [7, 11) is 0. The van der Waals surface area contributed by atoms with Crippen molar-refractivity contribution in [3.8, 4) is 0 Å². The maximum absolute atomic E-state index is 11.5. The van der Waals surface area contributed by atoms with Crippen LogP contribution in [0.4, 0.5) is 0 Å². The van der Waals surface area contributed by atoms with E-state index >= 15 is 0 Å². The Morgan fingerprint density at radius 2 is 1.90 bits per heavy atom. The molecule has 0 spiro atoms. The second-order valence-electron chi connectivity index (χ2n) is 6.65. The van der Waals surface area contributed by atoms with Gasteiger partial charge in [-0.05, 0) is 10.9 Å². The highest BCUT2D eigenvalue weighted by atomic mass is 16.5. The lowest BCUT2D eigenvalue weighted by Gasteiger charge is -2.28. The second kappa shape index (κ2) is 8.67. The maximum atomic E-state index is 11.5. The van der Waals surface area contributed by atoms with Gasteiger partial charge in [-0.25, -0.2) is 0 Å². The summed E-state index contributed by atoms with van der Waals surface area (Å²) < 4.78 is 5.67. The number of carbonyl (C=O) groups excluding carboxylic acids is 1. The highest BCUT2D eigenvalue weighted by Crippen LogP contribution is 2.19. The van der Waals surface area contributed by atoms with Gasteiger partial charge in [0.1, 0.15) is 0 Å². The van der Waals surface area contributed by atoms with E-state index in [1.54, 1.807) is 0 Å². The number of nitrogens with one attached hydrogen (secondary N) is 1. The molecule has 0 aliphatic heterocycles. The van der Waals surface area contributed by atoms with Gasteiger partial charge in [-0.3, -0.25) is 4.79 Å². The minimum atomic E-state index is -0.353. The smallest absolute Gasteiger partial charge is 0.248 e. The summed E-state index contributed by atoms with van der Waals surface area (Å²) in [6, 6.07) is 0. The molecule has 0 aromatic carbocycles. The van der Waals surface area contributed by atoms with Crippen LogP contribution in [-0.4, -0.2) is 43.9 Å². The van der Waals surface area contributed by atoms with Crippen LogP contribution in [0.25, 0.3) is 10.4 Å². The average molecular weight is 298 g/mol. The number of aliphatic hydroxyl groups is 1. The first-order valence-electron chi connectivity index (χ1n) is 6.79. The van der Waals surface area contributed by atoms with E-state index in [2.05, 4.69) is 21.9 Å². The number of carbonyl (C=O) groups is 1. The fraction of sp³-hybridized carbons (Fsp3) is 0.786. The van der Waals surface area contributed by atoms with Crippen LogP contribution in [0, 0.1) is 10.8 Å². The van der Waals surface area contributed by atoms with Crippen molar-refractivity contribution in [2.45, 2.75) is 27.7 Å². The fourth-order valence-electron chi connectivity index (χ4n) is 1.44. The van der Waals surface area contributed by atoms with Crippen molar-refractivity contribution in [3.63, 3.8) is 0 Å².